The normalized spacial score (nSPS) is 12.2. The van der Waals surface area contributed by atoms with Gasteiger partial charge in [0.05, 0.1) is 0 Å². The van der Waals surface area contributed by atoms with Gasteiger partial charge in [0.15, 0.2) is 23.0 Å². The Kier molecular flexibility index (Phi) is 5.47. The van der Waals surface area contributed by atoms with E-state index in [1.54, 1.807) is 23.7 Å². The molecule has 9 nitrogen and oxygen atoms in total. The molecule has 0 saturated carbocycles. The number of aryl methyl sites for hydroxylation is 1. The van der Waals surface area contributed by atoms with Crippen molar-refractivity contribution < 1.29 is 18.7 Å². The number of nitrogens with zero attached hydrogens (tertiary/aromatic N) is 5. The lowest BCUT2D eigenvalue weighted by Crippen LogP contribution is -2.26. The van der Waals surface area contributed by atoms with Crippen LogP contribution in [0.4, 0.5) is 15.9 Å². The van der Waals surface area contributed by atoms with Crippen LogP contribution in [0.1, 0.15) is 17.8 Å². The summed E-state index contributed by atoms with van der Waals surface area (Å²) in [6, 6.07) is 15.2. The van der Waals surface area contributed by atoms with Gasteiger partial charge >= 0.3 is 0 Å². The van der Waals surface area contributed by atoms with Crippen LogP contribution in [0, 0.1) is 5.82 Å². The highest BCUT2D eigenvalue weighted by atomic mass is 19.1. The minimum Gasteiger partial charge on any atom is -0.454 e. The number of carbonyl (C=O) groups excluding carboxylic acids is 1. The lowest BCUT2D eigenvalue weighted by molar-refractivity contribution is -0.118. The third kappa shape index (κ3) is 4.40. The Balaban J connectivity index is 1.24. The van der Waals surface area contributed by atoms with Gasteiger partial charge in [0, 0.05) is 32.1 Å². The number of hydrogen-bond acceptors (Lipinski definition) is 7. The first-order valence-corrected chi connectivity index (χ1v) is 10.4. The largest absolute Gasteiger partial charge is 0.454 e. The topological polar surface area (TPSA) is 93.9 Å². The van der Waals surface area contributed by atoms with E-state index in [1.807, 2.05) is 30.3 Å². The Bertz CT molecular complexity index is 1310. The van der Waals surface area contributed by atoms with E-state index >= 15 is 0 Å². The molecule has 10 heteroatoms. The van der Waals surface area contributed by atoms with Gasteiger partial charge in [-0.1, -0.05) is 6.07 Å². The molecule has 1 aliphatic heterocycles. The summed E-state index contributed by atoms with van der Waals surface area (Å²) in [7, 11) is 1.66. The van der Waals surface area contributed by atoms with Crippen molar-refractivity contribution in [2.24, 2.45) is 0 Å². The number of anilines is 2. The van der Waals surface area contributed by atoms with Crippen LogP contribution in [-0.2, 0) is 17.8 Å². The van der Waals surface area contributed by atoms with Gasteiger partial charge in [0.2, 0.25) is 12.7 Å². The van der Waals surface area contributed by atoms with Gasteiger partial charge in [0.25, 0.3) is 0 Å². The summed E-state index contributed by atoms with van der Waals surface area (Å²) in [6.45, 7) is 0.788. The molecule has 4 aromatic rings. The van der Waals surface area contributed by atoms with Crippen molar-refractivity contribution in [1.29, 1.82) is 0 Å². The van der Waals surface area contributed by atoms with E-state index in [2.05, 4.69) is 20.6 Å². The molecule has 0 aliphatic carbocycles. The van der Waals surface area contributed by atoms with E-state index < -0.39 is 0 Å². The van der Waals surface area contributed by atoms with Crippen molar-refractivity contribution in [2.45, 2.75) is 19.4 Å². The predicted octanol–water partition coefficient (Wildman–Crippen LogP) is 3.20. The van der Waals surface area contributed by atoms with Crippen molar-refractivity contribution in [3.05, 3.63) is 71.8 Å². The molecule has 1 amide bonds. The SMILES string of the molecule is CN(C(=O)CCc1nnc2ccc(NCc3ccc4c(c3)OCO4)nn12)c1ccc(F)cc1. The van der Waals surface area contributed by atoms with Crippen LogP contribution >= 0.6 is 0 Å². The van der Waals surface area contributed by atoms with Gasteiger partial charge in [-0.05, 0) is 54.1 Å². The molecule has 0 atom stereocenters. The highest BCUT2D eigenvalue weighted by Gasteiger charge is 2.15. The average Bonchev–Trinajstić information content (AvgIpc) is 3.47. The summed E-state index contributed by atoms with van der Waals surface area (Å²) in [5.74, 6) is 2.24. The number of hydrogen-bond donors (Lipinski definition) is 1. The van der Waals surface area contributed by atoms with E-state index in [0.717, 1.165) is 17.1 Å². The molecule has 2 aromatic heterocycles. The van der Waals surface area contributed by atoms with Crippen LogP contribution in [0.15, 0.2) is 54.6 Å². The van der Waals surface area contributed by atoms with Crippen LogP contribution in [0.3, 0.4) is 0 Å². The monoisotopic (exact) mass is 448 g/mol. The van der Waals surface area contributed by atoms with Crippen molar-refractivity contribution in [3.63, 3.8) is 0 Å². The zero-order chi connectivity index (χ0) is 22.8. The van der Waals surface area contributed by atoms with E-state index in [4.69, 9.17) is 9.47 Å². The fraction of sp³-hybridized carbons (Fsp3) is 0.217. The number of rotatable bonds is 7. The molecule has 1 N–H and O–H groups in total. The fourth-order valence-electron chi connectivity index (χ4n) is 3.52. The third-order valence-corrected chi connectivity index (χ3v) is 5.39. The van der Waals surface area contributed by atoms with E-state index in [1.165, 1.54) is 17.0 Å². The van der Waals surface area contributed by atoms with Crippen LogP contribution in [0.25, 0.3) is 5.65 Å². The molecule has 0 bridgehead atoms. The summed E-state index contributed by atoms with van der Waals surface area (Å²) in [5.41, 5.74) is 2.25. The highest BCUT2D eigenvalue weighted by Crippen LogP contribution is 2.32. The number of carbonyl (C=O) groups is 1. The summed E-state index contributed by atoms with van der Waals surface area (Å²) >= 11 is 0. The van der Waals surface area contributed by atoms with Crippen LogP contribution < -0.4 is 19.7 Å². The van der Waals surface area contributed by atoms with Gasteiger partial charge in [0.1, 0.15) is 11.6 Å². The zero-order valence-electron chi connectivity index (χ0n) is 17.9. The number of ether oxygens (including phenoxy) is 2. The molecule has 2 aromatic carbocycles. The van der Waals surface area contributed by atoms with E-state index in [-0.39, 0.29) is 24.9 Å². The Morgan fingerprint density at radius 2 is 1.91 bits per heavy atom. The Labute approximate surface area is 188 Å². The number of amides is 1. The van der Waals surface area contributed by atoms with Crippen LogP contribution in [0.5, 0.6) is 11.5 Å². The molecule has 0 radical (unpaired) electrons. The van der Waals surface area contributed by atoms with Gasteiger partial charge in [-0.2, -0.15) is 4.52 Å². The number of halogens is 1. The lowest BCUT2D eigenvalue weighted by atomic mass is 10.2. The zero-order valence-corrected chi connectivity index (χ0v) is 17.9. The van der Waals surface area contributed by atoms with Crippen LogP contribution in [-0.4, -0.2) is 39.6 Å². The first-order chi connectivity index (χ1) is 16.1. The molecule has 3 heterocycles. The second-order valence-corrected chi connectivity index (χ2v) is 7.58. The quantitative estimate of drug-likeness (QED) is 0.464. The number of benzene rings is 2. The maximum atomic E-state index is 13.1. The molecule has 33 heavy (non-hydrogen) atoms. The molecule has 168 valence electrons. The molecular weight excluding hydrogens is 427 g/mol. The number of nitrogens with one attached hydrogen (secondary N) is 1. The first-order valence-electron chi connectivity index (χ1n) is 10.4. The first kappa shape index (κ1) is 20.7. The van der Waals surface area contributed by atoms with E-state index in [0.29, 0.717) is 35.9 Å². The molecule has 0 saturated heterocycles. The van der Waals surface area contributed by atoms with Gasteiger partial charge in [-0.15, -0.1) is 15.3 Å². The average molecular weight is 448 g/mol. The van der Waals surface area contributed by atoms with Gasteiger partial charge in [-0.25, -0.2) is 4.39 Å². The van der Waals surface area contributed by atoms with Gasteiger partial charge in [-0.3, -0.25) is 4.79 Å². The lowest BCUT2D eigenvalue weighted by Gasteiger charge is -2.17. The second-order valence-electron chi connectivity index (χ2n) is 7.58. The Morgan fingerprint density at radius 1 is 1.09 bits per heavy atom. The van der Waals surface area contributed by atoms with Crippen molar-refractivity contribution >= 4 is 23.1 Å². The summed E-state index contributed by atoms with van der Waals surface area (Å²) in [5, 5.41) is 16.2. The number of aromatic nitrogens is 4. The van der Waals surface area contributed by atoms with Crippen molar-refractivity contribution in [1.82, 2.24) is 19.8 Å². The maximum Gasteiger partial charge on any atom is 0.231 e. The molecule has 0 fully saturated rings. The molecule has 1 aliphatic rings. The van der Waals surface area contributed by atoms with Gasteiger partial charge < -0.3 is 19.7 Å². The second kappa shape index (κ2) is 8.73. The molecule has 0 spiro atoms. The molecule has 0 unspecified atom stereocenters. The minimum atomic E-state index is -0.344. The molecular formula is C23H21FN6O3. The molecule has 5 rings (SSSR count). The summed E-state index contributed by atoms with van der Waals surface area (Å²) in [4.78, 5) is 14.1. The Morgan fingerprint density at radius 3 is 2.76 bits per heavy atom. The minimum absolute atomic E-state index is 0.115. The fourth-order valence-corrected chi connectivity index (χ4v) is 3.52. The van der Waals surface area contributed by atoms with E-state index in [9.17, 15) is 9.18 Å². The highest BCUT2D eigenvalue weighted by molar-refractivity contribution is 5.92. The Hall–Kier alpha value is -4.21. The third-order valence-electron chi connectivity index (χ3n) is 5.39. The van der Waals surface area contributed by atoms with Crippen molar-refractivity contribution in [2.75, 3.05) is 24.1 Å². The standard InChI is InChI=1S/C23H21FN6O3/c1-29(17-5-3-16(24)4-6-17)23(31)11-10-22-27-26-21-9-8-20(28-30(21)22)25-13-15-2-7-18-19(12-15)33-14-32-18/h2-9,12H,10-11,13-14H2,1H3,(H,25,28). The smallest absolute Gasteiger partial charge is 0.231 e. The summed E-state index contributed by atoms with van der Waals surface area (Å²) < 4.78 is 25.5. The number of fused-ring (bicyclic) bond motifs is 2. The van der Waals surface area contributed by atoms with Crippen molar-refractivity contribution in [3.8, 4) is 11.5 Å². The van der Waals surface area contributed by atoms with Crippen LogP contribution in [0.2, 0.25) is 0 Å². The predicted molar refractivity (Wildman–Crippen MR) is 119 cm³/mol. The maximum absolute atomic E-state index is 13.1. The summed E-state index contributed by atoms with van der Waals surface area (Å²) in [6.07, 6.45) is 0.579.